The normalized spacial score (nSPS) is 11.7. The fourth-order valence-electron chi connectivity index (χ4n) is 3.50. The lowest BCUT2D eigenvalue weighted by atomic mass is 10.1. The van der Waals surface area contributed by atoms with E-state index in [4.69, 9.17) is 4.74 Å². The Morgan fingerprint density at radius 1 is 1.14 bits per heavy atom. The smallest absolute Gasteiger partial charge is 0.251 e. The molecule has 186 valence electrons. The highest BCUT2D eigenvalue weighted by molar-refractivity contribution is 7.99. The van der Waals surface area contributed by atoms with Crippen LogP contribution in [0.2, 0.25) is 0 Å². The van der Waals surface area contributed by atoms with Crippen molar-refractivity contribution in [3.63, 3.8) is 0 Å². The number of aromatic nitrogens is 3. The van der Waals surface area contributed by atoms with Crippen molar-refractivity contribution in [1.29, 1.82) is 0 Å². The first-order valence-electron chi connectivity index (χ1n) is 11.3. The molecular weight excluding hydrogens is 482 g/mol. The number of aryl methyl sites for hydroxylation is 1. The molecule has 0 fully saturated rings. The van der Waals surface area contributed by atoms with Gasteiger partial charge in [-0.1, -0.05) is 23.9 Å². The Morgan fingerprint density at radius 3 is 2.57 bits per heavy atom. The molecule has 0 aliphatic heterocycles. The van der Waals surface area contributed by atoms with E-state index in [0.29, 0.717) is 35.3 Å². The van der Waals surface area contributed by atoms with E-state index in [9.17, 15) is 9.59 Å². The summed E-state index contributed by atoms with van der Waals surface area (Å²) in [5, 5.41) is 15.4. The third kappa shape index (κ3) is 7.50. The van der Waals surface area contributed by atoms with E-state index in [2.05, 4.69) is 20.8 Å². The molecule has 3 rings (SSSR count). The molecule has 3 aromatic rings. The Kier molecular flexibility index (Phi) is 10.0. The van der Waals surface area contributed by atoms with Gasteiger partial charge in [-0.15, -0.1) is 10.2 Å². The first-order valence-corrected chi connectivity index (χ1v) is 13.7. The molecule has 0 aliphatic carbocycles. The minimum absolute atomic E-state index is 0.112. The van der Waals surface area contributed by atoms with Crippen LogP contribution in [0, 0.1) is 6.92 Å². The summed E-state index contributed by atoms with van der Waals surface area (Å²) in [7, 11) is 1.59. The number of carbonyl (C=O) groups is 2. The molecule has 1 unspecified atom stereocenters. The van der Waals surface area contributed by atoms with E-state index in [1.165, 1.54) is 11.8 Å². The first kappa shape index (κ1) is 26.6. The van der Waals surface area contributed by atoms with Gasteiger partial charge < -0.3 is 19.9 Å². The summed E-state index contributed by atoms with van der Waals surface area (Å²) in [5.41, 5.74) is 2.40. The van der Waals surface area contributed by atoms with E-state index < -0.39 is 0 Å². The zero-order chi connectivity index (χ0) is 25.2. The van der Waals surface area contributed by atoms with E-state index in [0.717, 1.165) is 17.0 Å². The van der Waals surface area contributed by atoms with Crippen molar-refractivity contribution in [2.24, 2.45) is 0 Å². The molecular formula is C25H31N5O3S2. The van der Waals surface area contributed by atoms with Crippen LogP contribution in [0.5, 0.6) is 5.75 Å². The summed E-state index contributed by atoms with van der Waals surface area (Å²) >= 11 is 3.04. The van der Waals surface area contributed by atoms with Gasteiger partial charge in [-0.25, -0.2) is 0 Å². The number of thioether (sulfide) groups is 2. The number of hydrogen-bond acceptors (Lipinski definition) is 7. The molecule has 0 saturated carbocycles. The summed E-state index contributed by atoms with van der Waals surface area (Å²) in [5.74, 6) is 2.14. The number of benzene rings is 2. The van der Waals surface area contributed by atoms with Crippen molar-refractivity contribution < 1.29 is 14.3 Å². The van der Waals surface area contributed by atoms with E-state index in [-0.39, 0.29) is 23.6 Å². The monoisotopic (exact) mass is 513 g/mol. The highest BCUT2D eigenvalue weighted by Crippen LogP contribution is 2.24. The Bertz CT molecular complexity index is 1130. The van der Waals surface area contributed by atoms with Crippen molar-refractivity contribution in [1.82, 2.24) is 20.1 Å². The molecule has 35 heavy (non-hydrogen) atoms. The van der Waals surface area contributed by atoms with Gasteiger partial charge in [0.25, 0.3) is 5.91 Å². The fourth-order valence-corrected chi connectivity index (χ4v) is 4.78. The fraction of sp³-hybridized carbons (Fsp3) is 0.360. The minimum Gasteiger partial charge on any atom is -0.497 e. The van der Waals surface area contributed by atoms with Crippen LogP contribution in [0.15, 0.2) is 53.7 Å². The standard InChI is InChI=1S/C25H31N5O3S2/c1-5-30-23(21(13-14-34-4)27-24(32)18-9-11-20(33-3)12-10-18)28-29-25(30)35-16-22(31)26-19-8-6-7-17(2)15-19/h6-12,15,21H,5,13-14,16H2,1-4H3,(H,26,31)(H,27,32). The van der Waals surface area contributed by atoms with Crippen molar-refractivity contribution in [2.75, 3.05) is 30.2 Å². The van der Waals surface area contributed by atoms with Gasteiger partial charge in [0.05, 0.1) is 18.9 Å². The number of nitrogens with one attached hydrogen (secondary N) is 2. The first-order chi connectivity index (χ1) is 16.9. The number of carbonyl (C=O) groups excluding carboxylic acids is 2. The molecule has 8 nitrogen and oxygen atoms in total. The maximum Gasteiger partial charge on any atom is 0.251 e. The summed E-state index contributed by atoms with van der Waals surface area (Å²) < 4.78 is 7.14. The van der Waals surface area contributed by atoms with Crippen LogP contribution in [0.3, 0.4) is 0 Å². The average Bonchev–Trinajstić information content (AvgIpc) is 3.28. The van der Waals surface area contributed by atoms with Gasteiger partial charge >= 0.3 is 0 Å². The molecule has 2 amide bonds. The lowest BCUT2D eigenvalue weighted by Crippen LogP contribution is -2.31. The SMILES string of the molecule is CCn1c(SCC(=O)Nc2cccc(C)c2)nnc1C(CCSC)NC(=O)c1ccc(OC)cc1. The van der Waals surface area contributed by atoms with E-state index >= 15 is 0 Å². The van der Waals surface area contributed by atoms with Crippen molar-refractivity contribution in [2.45, 2.75) is 38.0 Å². The average molecular weight is 514 g/mol. The van der Waals surface area contributed by atoms with Gasteiger partial charge in [0.2, 0.25) is 5.91 Å². The van der Waals surface area contributed by atoms with Crippen LogP contribution in [-0.4, -0.2) is 51.5 Å². The number of amides is 2. The second kappa shape index (κ2) is 13.2. The molecule has 0 aliphatic rings. The quantitative estimate of drug-likeness (QED) is 0.342. The van der Waals surface area contributed by atoms with Gasteiger partial charge in [-0.05, 0) is 74.2 Å². The maximum absolute atomic E-state index is 12.9. The number of methoxy groups -OCH3 is 1. The van der Waals surface area contributed by atoms with Gasteiger partial charge in [0, 0.05) is 17.8 Å². The van der Waals surface area contributed by atoms with Crippen molar-refractivity contribution >= 4 is 41.0 Å². The Morgan fingerprint density at radius 2 is 1.91 bits per heavy atom. The third-order valence-corrected chi connectivity index (χ3v) is 6.89. The Labute approximate surface area is 214 Å². The zero-order valence-electron chi connectivity index (χ0n) is 20.4. The highest BCUT2D eigenvalue weighted by Gasteiger charge is 2.23. The van der Waals surface area contributed by atoms with E-state index in [1.807, 2.05) is 48.9 Å². The van der Waals surface area contributed by atoms with E-state index in [1.54, 1.807) is 43.1 Å². The van der Waals surface area contributed by atoms with Crippen LogP contribution < -0.4 is 15.4 Å². The predicted molar refractivity (Wildman–Crippen MR) is 142 cm³/mol. The molecule has 2 N–H and O–H groups in total. The number of anilines is 1. The summed E-state index contributed by atoms with van der Waals surface area (Å²) in [6, 6.07) is 14.4. The van der Waals surface area contributed by atoms with Crippen molar-refractivity contribution in [3.8, 4) is 5.75 Å². The highest BCUT2D eigenvalue weighted by atomic mass is 32.2. The third-order valence-electron chi connectivity index (χ3n) is 5.28. The van der Waals surface area contributed by atoms with Crippen molar-refractivity contribution in [3.05, 3.63) is 65.5 Å². The molecule has 1 atom stereocenters. The molecule has 1 aromatic heterocycles. The molecule has 1 heterocycles. The summed E-state index contributed by atoms with van der Waals surface area (Å²) in [6.45, 7) is 4.61. The van der Waals surface area contributed by atoms with Gasteiger partial charge in [-0.3, -0.25) is 9.59 Å². The second-order valence-corrected chi connectivity index (χ2v) is 9.76. The maximum atomic E-state index is 12.9. The van der Waals surface area contributed by atoms with Crippen LogP contribution >= 0.6 is 23.5 Å². The molecule has 0 spiro atoms. The van der Waals surface area contributed by atoms with Crippen LogP contribution in [0.4, 0.5) is 5.69 Å². The van der Waals surface area contributed by atoms with Crippen LogP contribution in [-0.2, 0) is 11.3 Å². The van der Waals surface area contributed by atoms with Gasteiger partial charge in [0.1, 0.15) is 5.75 Å². The van der Waals surface area contributed by atoms with Gasteiger partial charge in [-0.2, -0.15) is 11.8 Å². The number of ether oxygens (including phenoxy) is 1. The largest absolute Gasteiger partial charge is 0.497 e. The topological polar surface area (TPSA) is 98.1 Å². The van der Waals surface area contributed by atoms with Gasteiger partial charge in [0.15, 0.2) is 11.0 Å². The predicted octanol–water partition coefficient (Wildman–Crippen LogP) is 4.57. The lowest BCUT2D eigenvalue weighted by Gasteiger charge is -2.19. The minimum atomic E-state index is -0.306. The number of hydrogen-bond donors (Lipinski definition) is 2. The molecule has 10 heteroatoms. The summed E-state index contributed by atoms with van der Waals surface area (Å²) in [4.78, 5) is 25.4. The molecule has 0 radical (unpaired) electrons. The Hall–Kier alpha value is -2.98. The molecule has 0 saturated heterocycles. The van der Waals surface area contributed by atoms with Crippen LogP contribution in [0.25, 0.3) is 0 Å². The summed E-state index contributed by atoms with van der Waals surface area (Å²) in [6.07, 6.45) is 2.74. The molecule has 2 aromatic carbocycles. The lowest BCUT2D eigenvalue weighted by molar-refractivity contribution is -0.113. The second-order valence-electron chi connectivity index (χ2n) is 7.83. The molecule has 0 bridgehead atoms. The van der Waals surface area contributed by atoms with Crippen LogP contribution in [0.1, 0.15) is 41.1 Å². The number of rotatable bonds is 12. The number of nitrogens with zero attached hydrogens (tertiary/aromatic N) is 3. The Balaban J connectivity index is 1.70. The zero-order valence-corrected chi connectivity index (χ0v) is 22.0.